The lowest BCUT2D eigenvalue weighted by Crippen LogP contribution is -2.58. The zero-order chi connectivity index (χ0) is 19.4. The van der Waals surface area contributed by atoms with Gasteiger partial charge in [-0.2, -0.15) is 0 Å². The van der Waals surface area contributed by atoms with Crippen molar-refractivity contribution in [1.82, 2.24) is 10.2 Å². The summed E-state index contributed by atoms with van der Waals surface area (Å²) in [5, 5.41) is 2.31. The number of imide groups is 2. The monoisotopic (exact) mass is 370 g/mol. The molecule has 4 amide bonds. The fourth-order valence-electron chi connectivity index (χ4n) is 3.47. The molecule has 6 nitrogen and oxygen atoms in total. The predicted octanol–water partition coefficient (Wildman–Crippen LogP) is 3.66. The van der Waals surface area contributed by atoms with Crippen molar-refractivity contribution >= 4 is 23.9 Å². The molecule has 1 saturated heterocycles. The van der Waals surface area contributed by atoms with Crippen LogP contribution in [0.3, 0.4) is 0 Å². The maximum atomic E-state index is 12.9. The molecule has 1 saturated carbocycles. The van der Waals surface area contributed by atoms with E-state index in [1.54, 1.807) is 12.1 Å². The van der Waals surface area contributed by atoms with Gasteiger partial charge in [0.05, 0.1) is 6.10 Å². The third-order valence-corrected chi connectivity index (χ3v) is 5.18. The minimum atomic E-state index is -0.642. The number of urea groups is 1. The zero-order valence-corrected chi connectivity index (χ0v) is 15.9. The van der Waals surface area contributed by atoms with E-state index in [0.29, 0.717) is 5.56 Å². The van der Waals surface area contributed by atoms with Crippen LogP contribution in [0.4, 0.5) is 4.79 Å². The van der Waals surface area contributed by atoms with Crippen LogP contribution in [0.2, 0.25) is 0 Å². The van der Waals surface area contributed by atoms with Crippen molar-refractivity contribution in [3.63, 3.8) is 0 Å². The van der Waals surface area contributed by atoms with Crippen molar-refractivity contribution in [1.29, 1.82) is 0 Å². The summed E-state index contributed by atoms with van der Waals surface area (Å²) >= 11 is 0. The number of nitrogens with zero attached hydrogens (tertiary/aromatic N) is 1. The second-order valence-corrected chi connectivity index (χ2v) is 7.19. The Bertz CT molecular complexity index is 748. The van der Waals surface area contributed by atoms with E-state index in [0.717, 1.165) is 44.3 Å². The molecule has 144 valence electrons. The summed E-state index contributed by atoms with van der Waals surface area (Å²) < 4.78 is 5.74. The second-order valence-electron chi connectivity index (χ2n) is 7.19. The van der Waals surface area contributed by atoms with Crippen LogP contribution in [0, 0.1) is 0 Å². The van der Waals surface area contributed by atoms with Crippen molar-refractivity contribution in [2.75, 3.05) is 0 Å². The summed E-state index contributed by atoms with van der Waals surface area (Å²) in [6.45, 7) is 4.05. The van der Waals surface area contributed by atoms with E-state index in [1.165, 1.54) is 11.0 Å². The van der Waals surface area contributed by atoms with Crippen LogP contribution in [0.15, 0.2) is 29.8 Å². The van der Waals surface area contributed by atoms with Gasteiger partial charge in [0.15, 0.2) is 0 Å². The van der Waals surface area contributed by atoms with Crippen LogP contribution < -0.4 is 10.1 Å². The molecule has 1 aromatic rings. The summed E-state index contributed by atoms with van der Waals surface area (Å²) in [5.74, 6) is -0.405. The number of hydrogen-bond donors (Lipinski definition) is 1. The molecule has 1 heterocycles. The Hall–Kier alpha value is -2.63. The largest absolute Gasteiger partial charge is 0.491 e. The third kappa shape index (κ3) is 4.38. The zero-order valence-electron chi connectivity index (χ0n) is 15.9. The predicted molar refractivity (Wildman–Crippen MR) is 102 cm³/mol. The maximum Gasteiger partial charge on any atom is 0.331 e. The van der Waals surface area contributed by atoms with E-state index < -0.39 is 17.8 Å². The first-order valence-electron chi connectivity index (χ1n) is 9.67. The molecule has 2 fully saturated rings. The van der Waals surface area contributed by atoms with Gasteiger partial charge in [0.25, 0.3) is 11.8 Å². The lowest BCUT2D eigenvalue weighted by Gasteiger charge is -2.35. The number of hydrogen-bond acceptors (Lipinski definition) is 4. The van der Waals surface area contributed by atoms with Crippen molar-refractivity contribution < 1.29 is 19.1 Å². The summed E-state index contributed by atoms with van der Waals surface area (Å²) in [7, 11) is 0. The van der Waals surface area contributed by atoms with Crippen LogP contribution >= 0.6 is 0 Å². The fourth-order valence-corrected chi connectivity index (χ4v) is 3.47. The molecule has 1 aliphatic carbocycles. The Morgan fingerprint density at radius 1 is 1.15 bits per heavy atom. The normalized spacial score (nSPS) is 21.3. The molecule has 1 aromatic carbocycles. The average molecular weight is 370 g/mol. The van der Waals surface area contributed by atoms with Crippen LogP contribution in [0.25, 0.3) is 6.08 Å². The van der Waals surface area contributed by atoms with Crippen molar-refractivity contribution in [2.24, 2.45) is 0 Å². The van der Waals surface area contributed by atoms with Crippen LogP contribution in [0.5, 0.6) is 5.75 Å². The van der Waals surface area contributed by atoms with Gasteiger partial charge in [0.2, 0.25) is 0 Å². The highest BCUT2D eigenvalue weighted by atomic mass is 16.5. The highest BCUT2D eigenvalue weighted by Gasteiger charge is 2.40. The Morgan fingerprint density at radius 2 is 1.81 bits per heavy atom. The van der Waals surface area contributed by atoms with Crippen LogP contribution in [-0.4, -0.2) is 34.9 Å². The third-order valence-electron chi connectivity index (χ3n) is 5.18. The van der Waals surface area contributed by atoms with Crippen molar-refractivity contribution in [2.45, 2.75) is 64.5 Å². The first-order valence-corrected chi connectivity index (χ1v) is 9.67. The number of benzene rings is 1. The molecule has 0 aromatic heterocycles. The van der Waals surface area contributed by atoms with Gasteiger partial charge in [-0.05, 0) is 50.0 Å². The number of amides is 4. The minimum Gasteiger partial charge on any atom is -0.491 e. The smallest absolute Gasteiger partial charge is 0.331 e. The SMILES string of the molecule is CCC(C)Oc1ccc(C=C2C(=O)NC(=O)N(C3CCCCC3)C2=O)cc1. The van der Waals surface area contributed by atoms with E-state index in [-0.39, 0.29) is 17.7 Å². The molecule has 0 spiro atoms. The van der Waals surface area contributed by atoms with Gasteiger partial charge >= 0.3 is 6.03 Å². The van der Waals surface area contributed by atoms with Gasteiger partial charge in [0, 0.05) is 6.04 Å². The quantitative estimate of drug-likeness (QED) is 0.634. The number of rotatable bonds is 5. The molecule has 1 atom stereocenters. The van der Waals surface area contributed by atoms with Gasteiger partial charge in [-0.1, -0.05) is 38.3 Å². The van der Waals surface area contributed by atoms with E-state index in [1.807, 2.05) is 19.1 Å². The molecule has 1 unspecified atom stereocenters. The molecule has 1 aliphatic heterocycles. The number of nitrogens with one attached hydrogen (secondary N) is 1. The fraction of sp³-hybridized carbons (Fsp3) is 0.476. The lowest BCUT2D eigenvalue weighted by molar-refractivity contribution is -0.132. The molecule has 6 heteroatoms. The van der Waals surface area contributed by atoms with Gasteiger partial charge in [-0.25, -0.2) is 4.79 Å². The standard InChI is InChI=1S/C21H26N2O4/c1-3-14(2)27-17-11-9-15(10-12-17)13-18-19(24)22-21(26)23(20(18)25)16-7-5-4-6-8-16/h9-14,16H,3-8H2,1-2H3,(H,22,24,26). The Kier molecular flexibility index (Phi) is 5.94. The highest BCUT2D eigenvalue weighted by molar-refractivity contribution is 6.31. The summed E-state index contributed by atoms with van der Waals surface area (Å²) in [4.78, 5) is 38.5. The summed E-state index contributed by atoms with van der Waals surface area (Å²) in [5.41, 5.74) is 0.707. The van der Waals surface area contributed by atoms with Gasteiger partial charge < -0.3 is 4.74 Å². The second kappa shape index (κ2) is 8.37. The van der Waals surface area contributed by atoms with E-state index in [2.05, 4.69) is 12.2 Å². The maximum absolute atomic E-state index is 12.9. The summed E-state index contributed by atoms with van der Waals surface area (Å²) in [6, 6.07) is 6.49. The van der Waals surface area contributed by atoms with Gasteiger partial charge in [0.1, 0.15) is 11.3 Å². The molecule has 2 aliphatic rings. The van der Waals surface area contributed by atoms with E-state index in [9.17, 15) is 14.4 Å². The van der Waals surface area contributed by atoms with Gasteiger partial charge in [-0.3, -0.25) is 19.8 Å². The van der Waals surface area contributed by atoms with Crippen molar-refractivity contribution in [3.05, 3.63) is 35.4 Å². The lowest BCUT2D eigenvalue weighted by atomic mass is 9.93. The van der Waals surface area contributed by atoms with Crippen LogP contribution in [0.1, 0.15) is 57.9 Å². The molecule has 0 radical (unpaired) electrons. The Morgan fingerprint density at radius 3 is 2.44 bits per heavy atom. The highest BCUT2D eigenvalue weighted by Crippen LogP contribution is 2.26. The number of carbonyl (C=O) groups excluding carboxylic acids is 3. The van der Waals surface area contributed by atoms with E-state index in [4.69, 9.17) is 4.74 Å². The van der Waals surface area contributed by atoms with Crippen LogP contribution in [-0.2, 0) is 9.59 Å². The molecular weight excluding hydrogens is 344 g/mol. The average Bonchev–Trinajstić information content (AvgIpc) is 2.67. The number of barbiturate groups is 1. The first-order chi connectivity index (χ1) is 13.0. The summed E-state index contributed by atoms with van der Waals surface area (Å²) in [6.07, 6.45) is 7.25. The molecule has 3 rings (SSSR count). The first kappa shape index (κ1) is 19.1. The molecule has 27 heavy (non-hydrogen) atoms. The van der Waals surface area contributed by atoms with Crippen molar-refractivity contribution in [3.8, 4) is 5.75 Å². The molecule has 0 bridgehead atoms. The molecule has 1 N–H and O–H groups in total. The topological polar surface area (TPSA) is 75.7 Å². The number of ether oxygens (including phenoxy) is 1. The number of carbonyl (C=O) groups is 3. The minimum absolute atomic E-state index is 0.00392. The van der Waals surface area contributed by atoms with E-state index >= 15 is 0 Å². The van der Waals surface area contributed by atoms with Gasteiger partial charge in [-0.15, -0.1) is 0 Å². The molecular formula is C21H26N2O4. The Labute approximate surface area is 159 Å². The Balaban J connectivity index is 1.80.